The fourth-order valence-electron chi connectivity index (χ4n) is 2.55. The number of hydrogen-bond acceptors (Lipinski definition) is 4. The topological polar surface area (TPSA) is 83.5 Å². The van der Waals surface area contributed by atoms with Crippen molar-refractivity contribution in [2.24, 2.45) is 0 Å². The van der Waals surface area contributed by atoms with Crippen LogP contribution in [0.15, 0.2) is 24.3 Å². The fourth-order valence-corrected chi connectivity index (χ4v) is 4.15. The maximum absolute atomic E-state index is 12.2. The lowest BCUT2D eigenvalue weighted by Gasteiger charge is -2.35. The number of amides is 1. The van der Waals surface area contributed by atoms with Crippen LogP contribution >= 0.6 is 0 Å². The van der Waals surface area contributed by atoms with Gasteiger partial charge in [0.05, 0.1) is 17.1 Å². The van der Waals surface area contributed by atoms with Crippen LogP contribution in [-0.4, -0.2) is 36.0 Å². The lowest BCUT2D eigenvalue weighted by Crippen LogP contribution is -2.49. The number of aliphatic hydroxyl groups excluding tert-OH is 1. The van der Waals surface area contributed by atoms with Gasteiger partial charge >= 0.3 is 0 Å². The minimum absolute atomic E-state index is 0.0590. The molecule has 5 nitrogen and oxygen atoms in total. The van der Waals surface area contributed by atoms with Gasteiger partial charge in [-0.05, 0) is 44.4 Å². The minimum atomic E-state index is -3.08. The van der Waals surface area contributed by atoms with E-state index in [2.05, 4.69) is 5.32 Å². The first-order chi connectivity index (χ1) is 9.75. The van der Waals surface area contributed by atoms with Crippen molar-refractivity contribution in [2.75, 3.05) is 5.75 Å². The summed E-state index contributed by atoms with van der Waals surface area (Å²) in [6.45, 7) is 3.35. The highest BCUT2D eigenvalue weighted by Gasteiger charge is 2.41. The molecule has 1 aromatic carbocycles. The Morgan fingerprint density at radius 1 is 1.33 bits per heavy atom. The van der Waals surface area contributed by atoms with Crippen molar-refractivity contribution >= 4 is 15.7 Å². The van der Waals surface area contributed by atoms with Gasteiger partial charge in [0, 0.05) is 11.6 Å². The predicted octanol–water partition coefficient (Wildman–Crippen LogP) is 1.26. The summed E-state index contributed by atoms with van der Waals surface area (Å²) in [5.74, 6) is -0.103. The second-order valence-corrected chi connectivity index (χ2v) is 8.84. The van der Waals surface area contributed by atoms with E-state index in [4.69, 9.17) is 5.11 Å². The minimum Gasteiger partial charge on any atom is -0.392 e. The second kappa shape index (κ2) is 5.77. The van der Waals surface area contributed by atoms with Crippen molar-refractivity contribution < 1.29 is 18.3 Å². The normalized spacial score (nSPS) is 23.5. The molecule has 0 saturated carbocycles. The summed E-state index contributed by atoms with van der Waals surface area (Å²) in [6, 6.07) is 6.58. The lowest BCUT2D eigenvalue weighted by atomic mass is 9.99. The first-order valence-corrected chi connectivity index (χ1v) is 8.63. The van der Waals surface area contributed by atoms with Crippen molar-refractivity contribution in [3.63, 3.8) is 0 Å². The molecule has 1 atom stereocenters. The number of carbonyl (C=O) groups is 1. The molecule has 0 spiro atoms. The van der Waals surface area contributed by atoms with E-state index in [1.54, 1.807) is 38.1 Å². The third kappa shape index (κ3) is 3.44. The van der Waals surface area contributed by atoms with Crippen molar-refractivity contribution in [2.45, 2.75) is 44.1 Å². The summed E-state index contributed by atoms with van der Waals surface area (Å²) >= 11 is 0. The first-order valence-electron chi connectivity index (χ1n) is 6.98. The van der Waals surface area contributed by atoms with Gasteiger partial charge in [0.1, 0.15) is 0 Å². The highest BCUT2D eigenvalue weighted by Crippen LogP contribution is 2.30. The molecular formula is C15H21NO4S. The monoisotopic (exact) mass is 311 g/mol. The van der Waals surface area contributed by atoms with Gasteiger partial charge in [-0.25, -0.2) is 8.42 Å². The quantitative estimate of drug-likeness (QED) is 0.880. The van der Waals surface area contributed by atoms with Crippen LogP contribution in [0.5, 0.6) is 0 Å². The number of carbonyl (C=O) groups excluding carboxylic acids is 1. The molecule has 1 aliphatic heterocycles. The number of sulfone groups is 1. The van der Waals surface area contributed by atoms with Gasteiger partial charge < -0.3 is 10.4 Å². The number of hydrogen-bond donors (Lipinski definition) is 2. The average molecular weight is 311 g/mol. The van der Waals surface area contributed by atoms with E-state index in [9.17, 15) is 13.2 Å². The van der Waals surface area contributed by atoms with Crippen molar-refractivity contribution in [1.82, 2.24) is 5.32 Å². The predicted molar refractivity (Wildman–Crippen MR) is 80.7 cm³/mol. The number of nitrogens with one attached hydrogen (secondary N) is 1. The van der Waals surface area contributed by atoms with Gasteiger partial charge in [0.15, 0.2) is 9.84 Å². The van der Waals surface area contributed by atoms with Gasteiger partial charge in [-0.1, -0.05) is 12.1 Å². The molecule has 21 heavy (non-hydrogen) atoms. The van der Waals surface area contributed by atoms with Crippen LogP contribution in [0.25, 0.3) is 0 Å². The molecule has 1 aliphatic rings. The molecule has 2 rings (SSSR count). The van der Waals surface area contributed by atoms with Crippen molar-refractivity contribution in [1.29, 1.82) is 0 Å². The Morgan fingerprint density at radius 3 is 2.48 bits per heavy atom. The average Bonchev–Trinajstić information content (AvgIpc) is 2.43. The Balaban J connectivity index is 2.03. The Morgan fingerprint density at radius 2 is 1.95 bits per heavy atom. The summed E-state index contributed by atoms with van der Waals surface area (Å²) in [5, 5.41) is 11.9. The van der Waals surface area contributed by atoms with E-state index in [1.165, 1.54) is 0 Å². The second-order valence-electron chi connectivity index (χ2n) is 6.10. The van der Waals surface area contributed by atoms with Crippen LogP contribution in [0.3, 0.4) is 0 Å². The molecule has 6 heteroatoms. The molecule has 0 aromatic heterocycles. The van der Waals surface area contributed by atoms with Gasteiger partial charge in [0.25, 0.3) is 5.91 Å². The molecule has 0 bridgehead atoms. The number of aliphatic hydroxyl groups is 1. The third-order valence-corrected chi connectivity index (χ3v) is 6.67. The Bertz CT molecular complexity index is 620. The molecule has 1 aromatic rings. The van der Waals surface area contributed by atoms with E-state index in [0.717, 1.165) is 5.56 Å². The molecular weight excluding hydrogens is 290 g/mol. The van der Waals surface area contributed by atoms with Crippen LogP contribution in [0.1, 0.15) is 42.6 Å². The summed E-state index contributed by atoms with van der Waals surface area (Å²) < 4.78 is 23.1. The highest BCUT2D eigenvalue weighted by molar-refractivity contribution is 7.92. The molecule has 0 radical (unpaired) electrons. The molecule has 116 valence electrons. The fraction of sp³-hybridized carbons (Fsp3) is 0.533. The van der Waals surface area contributed by atoms with Crippen molar-refractivity contribution in [3.8, 4) is 0 Å². The Hall–Kier alpha value is -1.40. The zero-order valence-corrected chi connectivity index (χ0v) is 13.1. The molecule has 2 N–H and O–H groups in total. The SMILES string of the molecule is CC1(C)CC(NC(=O)c2ccc(CO)cc2)CCS1(=O)=O. The van der Waals surface area contributed by atoms with Crippen LogP contribution in [0.4, 0.5) is 0 Å². The van der Waals surface area contributed by atoms with E-state index < -0.39 is 14.6 Å². The van der Waals surface area contributed by atoms with Crippen LogP contribution in [0, 0.1) is 0 Å². The molecule has 1 unspecified atom stereocenters. The van der Waals surface area contributed by atoms with E-state index >= 15 is 0 Å². The summed E-state index contributed by atoms with van der Waals surface area (Å²) in [5.41, 5.74) is 1.26. The van der Waals surface area contributed by atoms with Crippen LogP contribution < -0.4 is 5.32 Å². The van der Waals surface area contributed by atoms with Gasteiger partial charge in [-0.2, -0.15) is 0 Å². The van der Waals surface area contributed by atoms with Crippen LogP contribution in [0.2, 0.25) is 0 Å². The summed E-state index contributed by atoms with van der Waals surface area (Å²) in [4.78, 5) is 12.2. The highest BCUT2D eigenvalue weighted by atomic mass is 32.2. The Kier molecular flexibility index (Phi) is 4.39. The van der Waals surface area contributed by atoms with Crippen molar-refractivity contribution in [3.05, 3.63) is 35.4 Å². The third-order valence-electron chi connectivity index (χ3n) is 4.05. The first kappa shape index (κ1) is 16.0. The Labute approximate surface area is 125 Å². The lowest BCUT2D eigenvalue weighted by molar-refractivity contribution is 0.0930. The molecule has 0 aliphatic carbocycles. The standard InChI is InChI=1S/C15H21NO4S/c1-15(2)9-13(7-8-21(15,19)20)16-14(18)12-5-3-11(10-17)4-6-12/h3-6,13,17H,7-10H2,1-2H3,(H,16,18). The van der Waals surface area contributed by atoms with Crippen LogP contribution in [-0.2, 0) is 16.4 Å². The number of rotatable bonds is 3. The molecule has 1 amide bonds. The summed E-state index contributed by atoms with van der Waals surface area (Å²) in [6.07, 6.45) is 0.877. The van der Waals surface area contributed by atoms with E-state index in [1.807, 2.05) is 0 Å². The largest absolute Gasteiger partial charge is 0.392 e. The zero-order valence-electron chi connectivity index (χ0n) is 12.3. The smallest absolute Gasteiger partial charge is 0.251 e. The molecule has 1 fully saturated rings. The van der Waals surface area contributed by atoms with Gasteiger partial charge in [0.2, 0.25) is 0 Å². The number of benzene rings is 1. The van der Waals surface area contributed by atoms with E-state index in [-0.39, 0.29) is 24.3 Å². The van der Waals surface area contributed by atoms with Gasteiger partial charge in [-0.15, -0.1) is 0 Å². The molecule has 1 heterocycles. The maximum atomic E-state index is 12.2. The summed E-state index contributed by atoms with van der Waals surface area (Å²) in [7, 11) is -3.08. The van der Waals surface area contributed by atoms with E-state index in [0.29, 0.717) is 18.4 Å². The maximum Gasteiger partial charge on any atom is 0.251 e. The molecule has 1 saturated heterocycles. The zero-order chi connectivity index (χ0) is 15.7. The van der Waals surface area contributed by atoms with Gasteiger partial charge in [-0.3, -0.25) is 4.79 Å².